The Labute approximate surface area is 120 Å². The number of ether oxygens (including phenoxy) is 1. The second kappa shape index (κ2) is 6.64. The molecule has 1 amide bonds. The van der Waals surface area contributed by atoms with Crippen molar-refractivity contribution in [1.82, 2.24) is 10.3 Å². The van der Waals surface area contributed by atoms with Crippen LogP contribution in [0.3, 0.4) is 0 Å². The Morgan fingerprint density at radius 1 is 1.57 bits per heavy atom. The minimum atomic E-state index is -0.901. The number of hydrogen-bond donors (Lipinski definition) is 3. The maximum absolute atomic E-state index is 14.0. The van der Waals surface area contributed by atoms with Crippen LogP contribution in [0.2, 0.25) is 0 Å². The van der Waals surface area contributed by atoms with Crippen LogP contribution in [0.4, 0.5) is 20.4 Å². The molecule has 0 aliphatic carbocycles. The standard InChI is InChI=1S/C12H17F2N5O2/c1-2-16-12(20)9-6-21-4-3-19(9)11-8(14)5-7(13)10(17-11)18-15/h5,9H,2-4,6,15H2,1H3,(H,16,20)(H,17,18). The maximum atomic E-state index is 14.0. The van der Waals surface area contributed by atoms with Gasteiger partial charge in [0.2, 0.25) is 5.91 Å². The summed E-state index contributed by atoms with van der Waals surface area (Å²) in [4.78, 5) is 17.3. The van der Waals surface area contributed by atoms with Gasteiger partial charge >= 0.3 is 0 Å². The molecular formula is C12H17F2N5O2. The number of hydrogen-bond acceptors (Lipinski definition) is 6. The summed E-state index contributed by atoms with van der Waals surface area (Å²) in [6.07, 6.45) is 0. The summed E-state index contributed by atoms with van der Waals surface area (Å²) in [5.74, 6) is 2.66. The smallest absolute Gasteiger partial charge is 0.245 e. The molecule has 2 rings (SSSR count). The van der Waals surface area contributed by atoms with Crippen LogP contribution in [0, 0.1) is 11.6 Å². The number of hydrazine groups is 1. The van der Waals surface area contributed by atoms with Crippen LogP contribution in [0.15, 0.2) is 6.07 Å². The first kappa shape index (κ1) is 15.4. The molecule has 0 saturated carbocycles. The molecule has 1 aliphatic heterocycles. The second-order valence-electron chi connectivity index (χ2n) is 4.45. The summed E-state index contributed by atoms with van der Waals surface area (Å²) < 4.78 is 32.6. The lowest BCUT2D eigenvalue weighted by molar-refractivity contribution is -0.124. The molecule has 7 nitrogen and oxygen atoms in total. The van der Waals surface area contributed by atoms with E-state index < -0.39 is 17.7 Å². The highest BCUT2D eigenvalue weighted by Gasteiger charge is 2.32. The van der Waals surface area contributed by atoms with Crippen molar-refractivity contribution in [3.63, 3.8) is 0 Å². The molecule has 9 heteroatoms. The quantitative estimate of drug-likeness (QED) is 0.535. The van der Waals surface area contributed by atoms with E-state index in [1.807, 2.05) is 0 Å². The first-order valence-corrected chi connectivity index (χ1v) is 6.53. The number of rotatable bonds is 4. The lowest BCUT2D eigenvalue weighted by Gasteiger charge is -2.35. The first-order chi connectivity index (χ1) is 10.1. The number of aromatic nitrogens is 1. The molecular weight excluding hydrogens is 284 g/mol. The zero-order valence-electron chi connectivity index (χ0n) is 11.5. The van der Waals surface area contributed by atoms with Gasteiger partial charge in [0.15, 0.2) is 23.3 Å². The Kier molecular flexibility index (Phi) is 4.86. The molecule has 1 aromatic heterocycles. The largest absolute Gasteiger partial charge is 0.377 e. The minimum absolute atomic E-state index is 0.107. The van der Waals surface area contributed by atoms with E-state index in [1.54, 1.807) is 6.92 Å². The molecule has 0 aromatic carbocycles. The van der Waals surface area contributed by atoms with Crippen LogP contribution < -0.4 is 21.5 Å². The van der Waals surface area contributed by atoms with Crippen LogP contribution >= 0.6 is 0 Å². The predicted molar refractivity (Wildman–Crippen MR) is 72.6 cm³/mol. The van der Waals surface area contributed by atoms with E-state index in [4.69, 9.17) is 10.6 Å². The average molecular weight is 301 g/mol. The van der Waals surface area contributed by atoms with Crippen LogP contribution in [0.1, 0.15) is 6.92 Å². The Morgan fingerprint density at radius 3 is 3.00 bits per heavy atom. The van der Waals surface area contributed by atoms with Crippen molar-refractivity contribution in [2.45, 2.75) is 13.0 Å². The maximum Gasteiger partial charge on any atom is 0.245 e. The van der Waals surface area contributed by atoms with Crippen LogP contribution in [-0.2, 0) is 9.53 Å². The Bertz CT molecular complexity index is 529. The number of amides is 1. The Morgan fingerprint density at radius 2 is 2.33 bits per heavy atom. The molecule has 4 N–H and O–H groups in total. The normalized spacial score (nSPS) is 18.5. The summed E-state index contributed by atoms with van der Waals surface area (Å²) in [6, 6.07) is -0.0429. The molecule has 0 radical (unpaired) electrons. The number of halogens is 2. The van der Waals surface area contributed by atoms with Gasteiger partial charge in [-0.3, -0.25) is 4.79 Å². The van der Waals surface area contributed by atoms with Gasteiger partial charge in [0, 0.05) is 19.2 Å². The highest BCUT2D eigenvalue weighted by Crippen LogP contribution is 2.25. The van der Waals surface area contributed by atoms with Gasteiger partial charge in [-0.05, 0) is 6.92 Å². The number of morpholine rings is 1. The summed E-state index contributed by atoms with van der Waals surface area (Å²) in [6.45, 7) is 2.91. The van der Waals surface area contributed by atoms with Gasteiger partial charge < -0.3 is 20.4 Å². The number of nitrogens with one attached hydrogen (secondary N) is 2. The van der Waals surface area contributed by atoms with Crippen molar-refractivity contribution in [1.29, 1.82) is 0 Å². The lowest BCUT2D eigenvalue weighted by Crippen LogP contribution is -2.54. The van der Waals surface area contributed by atoms with Gasteiger partial charge in [-0.1, -0.05) is 0 Å². The number of carbonyl (C=O) groups excluding carboxylic acids is 1. The van der Waals surface area contributed by atoms with Crippen LogP contribution in [-0.4, -0.2) is 43.2 Å². The highest BCUT2D eigenvalue weighted by atomic mass is 19.1. The second-order valence-corrected chi connectivity index (χ2v) is 4.45. The van der Waals surface area contributed by atoms with E-state index >= 15 is 0 Å². The molecule has 116 valence electrons. The minimum Gasteiger partial charge on any atom is -0.377 e. The average Bonchev–Trinajstić information content (AvgIpc) is 2.48. The molecule has 1 unspecified atom stereocenters. The van der Waals surface area contributed by atoms with Gasteiger partial charge in [-0.2, -0.15) is 0 Å². The SMILES string of the molecule is CCNC(=O)C1COCCN1c1nc(NN)c(F)cc1F. The third-order valence-electron chi connectivity index (χ3n) is 3.10. The fraction of sp³-hybridized carbons (Fsp3) is 0.500. The predicted octanol–water partition coefficient (Wildman–Crippen LogP) is -0.0133. The van der Waals surface area contributed by atoms with E-state index in [0.29, 0.717) is 19.2 Å². The number of nitrogens with two attached hydrogens (primary N) is 1. The van der Waals surface area contributed by atoms with Gasteiger partial charge in [-0.25, -0.2) is 19.6 Å². The molecule has 1 atom stereocenters. The molecule has 21 heavy (non-hydrogen) atoms. The highest BCUT2D eigenvalue weighted by molar-refractivity contribution is 5.85. The molecule has 1 aliphatic rings. The Balaban J connectivity index is 2.35. The first-order valence-electron chi connectivity index (χ1n) is 6.53. The summed E-state index contributed by atoms with van der Waals surface area (Å²) >= 11 is 0. The van der Waals surface area contributed by atoms with Crippen molar-refractivity contribution < 1.29 is 18.3 Å². The number of nitrogens with zero attached hydrogens (tertiary/aromatic N) is 2. The van der Waals surface area contributed by atoms with E-state index in [1.165, 1.54) is 4.90 Å². The summed E-state index contributed by atoms with van der Waals surface area (Å²) in [5.41, 5.74) is 2.06. The fourth-order valence-corrected chi connectivity index (χ4v) is 2.13. The molecule has 1 saturated heterocycles. The van der Waals surface area contributed by atoms with Crippen molar-refractivity contribution in [2.75, 3.05) is 36.6 Å². The topological polar surface area (TPSA) is 92.5 Å². The lowest BCUT2D eigenvalue weighted by atomic mass is 10.2. The van der Waals surface area contributed by atoms with Crippen LogP contribution in [0.5, 0.6) is 0 Å². The van der Waals surface area contributed by atoms with E-state index in [-0.39, 0.29) is 30.7 Å². The molecule has 1 fully saturated rings. The molecule has 0 bridgehead atoms. The monoisotopic (exact) mass is 301 g/mol. The zero-order chi connectivity index (χ0) is 15.4. The van der Waals surface area contributed by atoms with Crippen molar-refractivity contribution in [3.8, 4) is 0 Å². The molecule has 2 heterocycles. The van der Waals surface area contributed by atoms with Crippen LogP contribution in [0.25, 0.3) is 0 Å². The van der Waals surface area contributed by atoms with Gasteiger partial charge in [0.25, 0.3) is 0 Å². The van der Waals surface area contributed by atoms with E-state index in [9.17, 15) is 13.6 Å². The fourth-order valence-electron chi connectivity index (χ4n) is 2.13. The number of pyridine rings is 1. The summed E-state index contributed by atoms with van der Waals surface area (Å²) in [5, 5.41) is 2.65. The van der Waals surface area contributed by atoms with Gasteiger partial charge in [0.05, 0.1) is 13.2 Å². The van der Waals surface area contributed by atoms with E-state index in [2.05, 4.69) is 15.7 Å². The van der Waals surface area contributed by atoms with Crippen molar-refractivity contribution >= 4 is 17.5 Å². The molecule has 0 spiro atoms. The summed E-state index contributed by atoms with van der Waals surface area (Å²) in [7, 11) is 0. The number of anilines is 2. The number of likely N-dealkylation sites (N-methyl/N-ethyl adjacent to an activating group) is 1. The third-order valence-corrected chi connectivity index (χ3v) is 3.10. The van der Waals surface area contributed by atoms with Gasteiger partial charge in [0.1, 0.15) is 6.04 Å². The molecule has 1 aromatic rings. The number of carbonyl (C=O) groups is 1. The Hall–Kier alpha value is -2.00. The van der Waals surface area contributed by atoms with E-state index in [0.717, 1.165) is 0 Å². The number of nitrogen functional groups attached to an aromatic ring is 1. The van der Waals surface area contributed by atoms with Gasteiger partial charge in [-0.15, -0.1) is 0 Å². The van der Waals surface area contributed by atoms with Crippen molar-refractivity contribution in [2.24, 2.45) is 5.84 Å². The van der Waals surface area contributed by atoms with Crippen molar-refractivity contribution in [3.05, 3.63) is 17.7 Å². The third kappa shape index (κ3) is 3.19. The zero-order valence-corrected chi connectivity index (χ0v) is 11.5.